The van der Waals surface area contributed by atoms with Crippen LogP contribution in [0.4, 0.5) is 5.69 Å². The lowest BCUT2D eigenvalue weighted by molar-refractivity contribution is -0.385. The van der Waals surface area contributed by atoms with Crippen molar-refractivity contribution in [2.45, 2.75) is 45.4 Å². The summed E-state index contributed by atoms with van der Waals surface area (Å²) in [5.41, 5.74) is 0.00424. The van der Waals surface area contributed by atoms with Gasteiger partial charge in [0.05, 0.1) is 14.7 Å². The van der Waals surface area contributed by atoms with Crippen LogP contribution in [0.5, 0.6) is 0 Å². The minimum Gasteiger partial charge on any atom is -0.342 e. The Bertz CT molecular complexity index is 687. The van der Waals surface area contributed by atoms with Crippen LogP contribution in [0.15, 0.2) is 6.07 Å². The van der Waals surface area contributed by atoms with Gasteiger partial charge in [-0.3, -0.25) is 19.7 Å². The molecule has 0 aliphatic carbocycles. The summed E-state index contributed by atoms with van der Waals surface area (Å²) in [5.74, 6) is 0.0741. The third-order valence-corrected chi connectivity index (χ3v) is 6.38. The number of hydrogen-bond acceptors (Lipinski definition) is 5. The summed E-state index contributed by atoms with van der Waals surface area (Å²) in [7, 11) is 0. The molecule has 0 bridgehead atoms. The molecule has 0 unspecified atom stereocenters. The van der Waals surface area contributed by atoms with Crippen LogP contribution in [0.3, 0.4) is 0 Å². The molecule has 0 saturated carbocycles. The van der Waals surface area contributed by atoms with Gasteiger partial charge in [0.2, 0.25) is 5.91 Å². The van der Waals surface area contributed by atoms with Crippen molar-refractivity contribution in [1.82, 2.24) is 9.80 Å². The molecule has 2 aliphatic rings. The molecule has 7 nitrogen and oxygen atoms in total. The first kappa shape index (κ1) is 18.8. The van der Waals surface area contributed by atoms with Gasteiger partial charge < -0.3 is 9.80 Å². The summed E-state index contributed by atoms with van der Waals surface area (Å²) < 4.78 is 0. The molecule has 0 aromatic carbocycles. The molecule has 142 valence electrons. The second-order valence-corrected chi connectivity index (χ2v) is 8.37. The van der Waals surface area contributed by atoms with Gasteiger partial charge in [-0.05, 0) is 32.6 Å². The van der Waals surface area contributed by atoms with Crippen LogP contribution in [-0.2, 0) is 4.79 Å². The fourth-order valence-electron chi connectivity index (χ4n) is 3.79. The standard InChI is InChI=1S/C18H25N3O4S/c1-13-15(21(24)25)12-16(26-13)18(23)20-10-6-14(7-11-20)17(22)19-8-4-2-3-5-9-19/h12,14H,2-11H2,1H3. The van der Waals surface area contributed by atoms with Gasteiger partial charge in [-0.15, -0.1) is 11.3 Å². The largest absolute Gasteiger partial charge is 0.342 e. The van der Waals surface area contributed by atoms with Crippen molar-refractivity contribution in [3.05, 3.63) is 25.9 Å². The second kappa shape index (κ2) is 8.16. The number of carbonyl (C=O) groups is 2. The zero-order chi connectivity index (χ0) is 18.7. The molecule has 26 heavy (non-hydrogen) atoms. The van der Waals surface area contributed by atoms with Crippen molar-refractivity contribution < 1.29 is 14.5 Å². The smallest absolute Gasteiger partial charge is 0.283 e. The number of rotatable bonds is 3. The van der Waals surface area contributed by atoms with Crippen molar-refractivity contribution >= 4 is 28.8 Å². The predicted octanol–water partition coefficient (Wildman–Crippen LogP) is 3.22. The molecule has 1 aromatic rings. The van der Waals surface area contributed by atoms with Crippen LogP contribution in [0.1, 0.15) is 53.1 Å². The molecule has 3 heterocycles. The molecule has 0 spiro atoms. The highest BCUT2D eigenvalue weighted by molar-refractivity contribution is 7.14. The maximum absolute atomic E-state index is 12.7. The van der Waals surface area contributed by atoms with E-state index in [1.807, 2.05) is 4.90 Å². The van der Waals surface area contributed by atoms with Crippen molar-refractivity contribution in [3.63, 3.8) is 0 Å². The highest BCUT2D eigenvalue weighted by atomic mass is 32.1. The molecular formula is C18H25N3O4S. The first-order valence-corrected chi connectivity index (χ1v) is 10.1. The fraction of sp³-hybridized carbons (Fsp3) is 0.667. The van der Waals surface area contributed by atoms with Crippen LogP contribution in [-0.4, -0.2) is 52.7 Å². The molecule has 0 atom stereocenters. The highest BCUT2D eigenvalue weighted by Gasteiger charge is 2.32. The van der Waals surface area contributed by atoms with E-state index in [0.717, 1.165) is 25.9 Å². The number of thiophene rings is 1. The van der Waals surface area contributed by atoms with E-state index in [2.05, 4.69) is 0 Å². The molecule has 0 radical (unpaired) electrons. The van der Waals surface area contributed by atoms with Gasteiger partial charge in [-0.2, -0.15) is 0 Å². The Balaban J connectivity index is 1.57. The van der Waals surface area contributed by atoms with E-state index in [0.29, 0.717) is 35.7 Å². The third-order valence-electron chi connectivity index (χ3n) is 5.35. The number of hydrogen-bond donors (Lipinski definition) is 0. The van der Waals surface area contributed by atoms with E-state index in [9.17, 15) is 19.7 Å². The Morgan fingerprint density at radius 3 is 2.23 bits per heavy atom. The first-order chi connectivity index (χ1) is 12.5. The molecule has 2 amide bonds. The third kappa shape index (κ3) is 4.06. The molecule has 8 heteroatoms. The Morgan fingerprint density at radius 2 is 1.69 bits per heavy atom. The minimum atomic E-state index is -0.450. The predicted molar refractivity (Wildman–Crippen MR) is 99.4 cm³/mol. The molecular weight excluding hydrogens is 354 g/mol. The summed E-state index contributed by atoms with van der Waals surface area (Å²) in [5, 5.41) is 11.0. The van der Waals surface area contributed by atoms with E-state index >= 15 is 0 Å². The Morgan fingerprint density at radius 1 is 1.08 bits per heavy atom. The minimum absolute atomic E-state index is 0.00319. The van der Waals surface area contributed by atoms with Crippen LogP contribution in [0.2, 0.25) is 0 Å². The molecule has 2 saturated heterocycles. The van der Waals surface area contributed by atoms with Crippen LogP contribution in [0.25, 0.3) is 0 Å². The van der Waals surface area contributed by atoms with Crippen LogP contribution < -0.4 is 0 Å². The topological polar surface area (TPSA) is 83.8 Å². The normalized spacial score (nSPS) is 19.3. The van der Waals surface area contributed by atoms with Crippen molar-refractivity contribution in [1.29, 1.82) is 0 Å². The van der Waals surface area contributed by atoms with Gasteiger partial charge >= 0.3 is 0 Å². The number of aryl methyl sites for hydroxylation is 1. The van der Waals surface area contributed by atoms with Crippen molar-refractivity contribution in [2.24, 2.45) is 5.92 Å². The van der Waals surface area contributed by atoms with Gasteiger partial charge in [-0.1, -0.05) is 12.8 Å². The van der Waals surface area contributed by atoms with E-state index < -0.39 is 4.92 Å². The van der Waals surface area contributed by atoms with Crippen molar-refractivity contribution in [2.75, 3.05) is 26.2 Å². The number of nitro groups is 1. The van der Waals surface area contributed by atoms with Gasteiger partial charge in [0.1, 0.15) is 0 Å². The monoisotopic (exact) mass is 379 g/mol. The number of carbonyl (C=O) groups excluding carboxylic acids is 2. The lowest BCUT2D eigenvalue weighted by Crippen LogP contribution is -2.44. The average Bonchev–Trinajstić information content (AvgIpc) is 2.85. The lowest BCUT2D eigenvalue weighted by atomic mass is 9.95. The summed E-state index contributed by atoms with van der Waals surface area (Å²) >= 11 is 1.17. The van der Waals surface area contributed by atoms with E-state index in [4.69, 9.17) is 0 Å². The SMILES string of the molecule is Cc1sc(C(=O)N2CCC(C(=O)N3CCCCCC3)CC2)cc1[N+](=O)[O-]. The van der Waals surface area contributed by atoms with Gasteiger partial charge in [0, 0.05) is 38.2 Å². The molecule has 3 rings (SSSR count). The Kier molecular flexibility index (Phi) is 5.90. The number of amides is 2. The maximum atomic E-state index is 12.7. The molecule has 2 aliphatic heterocycles. The van der Waals surface area contributed by atoms with Crippen LogP contribution >= 0.6 is 11.3 Å². The fourth-order valence-corrected chi connectivity index (χ4v) is 4.75. The number of nitrogens with zero attached hydrogens (tertiary/aromatic N) is 3. The van der Waals surface area contributed by atoms with E-state index in [1.54, 1.807) is 11.8 Å². The van der Waals surface area contributed by atoms with Gasteiger partial charge in [0.15, 0.2) is 0 Å². The van der Waals surface area contributed by atoms with Gasteiger partial charge in [-0.25, -0.2) is 0 Å². The Hall–Kier alpha value is -1.96. The van der Waals surface area contributed by atoms with E-state index in [1.165, 1.54) is 30.2 Å². The summed E-state index contributed by atoms with van der Waals surface area (Å²) in [6.45, 7) is 4.44. The molecule has 2 fully saturated rings. The quantitative estimate of drug-likeness (QED) is 0.596. The zero-order valence-electron chi connectivity index (χ0n) is 15.1. The average molecular weight is 379 g/mol. The molecule has 1 aromatic heterocycles. The summed E-state index contributed by atoms with van der Waals surface area (Å²) in [6, 6.07) is 1.37. The molecule has 0 N–H and O–H groups in total. The van der Waals surface area contributed by atoms with Crippen LogP contribution in [0, 0.1) is 23.0 Å². The number of likely N-dealkylation sites (tertiary alicyclic amines) is 2. The maximum Gasteiger partial charge on any atom is 0.283 e. The number of piperidine rings is 1. The van der Waals surface area contributed by atoms with Gasteiger partial charge in [0.25, 0.3) is 11.6 Å². The summed E-state index contributed by atoms with van der Waals surface area (Å²) in [6.07, 6.45) is 5.91. The summed E-state index contributed by atoms with van der Waals surface area (Å²) in [4.78, 5) is 40.6. The van der Waals surface area contributed by atoms with E-state index in [-0.39, 0.29) is 23.4 Å². The lowest BCUT2D eigenvalue weighted by Gasteiger charge is -2.33. The second-order valence-electron chi connectivity index (χ2n) is 7.12. The highest BCUT2D eigenvalue weighted by Crippen LogP contribution is 2.30. The van der Waals surface area contributed by atoms with Crippen molar-refractivity contribution in [3.8, 4) is 0 Å². The first-order valence-electron chi connectivity index (χ1n) is 9.30. The zero-order valence-corrected chi connectivity index (χ0v) is 15.9. The Labute approximate surface area is 157 Å².